The number of aromatic amines is 1. The van der Waals surface area contributed by atoms with E-state index in [2.05, 4.69) is 77.7 Å². The molecule has 2 aromatic heterocycles. The minimum absolute atomic E-state index is 0.0553. The minimum atomic E-state index is -2.09. The van der Waals surface area contributed by atoms with Gasteiger partial charge in [-0.2, -0.15) is 0 Å². The Morgan fingerprint density at radius 2 is 1.65 bits per heavy atom. The fourth-order valence-corrected chi connectivity index (χ4v) is 6.60. The van der Waals surface area contributed by atoms with Crippen molar-refractivity contribution in [1.82, 2.24) is 19.5 Å². The molecule has 0 amide bonds. The summed E-state index contributed by atoms with van der Waals surface area (Å²) in [6, 6.07) is 7.42. The third kappa shape index (κ3) is 6.13. The summed E-state index contributed by atoms with van der Waals surface area (Å²) >= 11 is 0. The SMILES string of the molecule is COc1ccc(-c2nc3c(ncn3[C@H]3C[C@H](O[Si](C)(C)C(C)(C)C)[C@@H](CO[Si](C)(C)C(C)(C)C)O3)c(=O)[nH]2)cc1. The van der Waals surface area contributed by atoms with Crippen LogP contribution in [0.4, 0.5) is 0 Å². The van der Waals surface area contributed by atoms with Gasteiger partial charge in [0.2, 0.25) is 0 Å². The maximum Gasteiger partial charge on any atom is 0.279 e. The summed E-state index contributed by atoms with van der Waals surface area (Å²) in [7, 11) is -2.47. The summed E-state index contributed by atoms with van der Waals surface area (Å²) in [5.41, 5.74) is 1.25. The summed E-state index contributed by atoms with van der Waals surface area (Å²) in [6.45, 7) is 22.9. The third-order valence-electron chi connectivity index (χ3n) is 8.95. The number of nitrogens with zero attached hydrogens (tertiary/aromatic N) is 3. The number of hydrogen-bond acceptors (Lipinski definition) is 7. The predicted octanol–water partition coefficient (Wildman–Crippen LogP) is 6.49. The van der Waals surface area contributed by atoms with Gasteiger partial charge in [0, 0.05) is 12.0 Å². The van der Waals surface area contributed by atoms with Gasteiger partial charge in [0.25, 0.3) is 5.56 Å². The largest absolute Gasteiger partial charge is 0.497 e. The average Bonchev–Trinajstić information content (AvgIpc) is 3.45. The molecule has 1 fully saturated rings. The topological polar surface area (TPSA) is 100 Å². The molecule has 1 saturated heterocycles. The van der Waals surface area contributed by atoms with E-state index in [1.807, 2.05) is 28.8 Å². The van der Waals surface area contributed by atoms with Gasteiger partial charge in [-0.25, -0.2) is 9.97 Å². The van der Waals surface area contributed by atoms with Crippen LogP contribution < -0.4 is 10.3 Å². The second kappa shape index (κ2) is 10.8. The van der Waals surface area contributed by atoms with Gasteiger partial charge in [-0.15, -0.1) is 0 Å². The molecule has 4 rings (SSSR count). The van der Waals surface area contributed by atoms with Gasteiger partial charge >= 0.3 is 0 Å². The molecule has 11 heteroatoms. The molecule has 1 aliphatic rings. The van der Waals surface area contributed by atoms with Gasteiger partial charge in [-0.05, 0) is 60.5 Å². The number of fused-ring (bicyclic) bond motifs is 1. The van der Waals surface area contributed by atoms with E-state index in [0.29, 0.717) is 24.5 Å². The van der Waals surface area contributed by atoms with Crippen LogP contribution in [0, 0.1) is 0 Å². The molecule has 0 aliphatic carbocycles. The molecule has 1 N–H and O–H groups in total. The van der Waals surface area contributed by atoms with Crippen molar-refractivity contribution in [2.24, 2.45) is 0 Å². The van der Waals surface area contributed by atoms with E-state index < -0.39 is 16.6 Å². The fraction of sp³-hybridized carbons (Fsp3) is 0.621. The highest BCUT2D eigenvalue weighted by molar-refractivity contribution is 6.74. The number of H-pyrrole nitrogens is 1. The number of benzene rings is 1. The van der Waals surface area contributed by atoms with Crippen molar-refractivity contribution in [3.8, 4) is 17.1 Å². The lowest BCUT2D eigenvalue weighted by molar-refractivity contribution is -0.0383. The van der Waals surface area contributed by atoms with Crippen LogP contribution in [-0.4, -0.2) is 62.1 Å². The normalized spacial score (nSPS) is 20.8. The monoisotopic (exact) mass is 586 g/mol. The number of aromatic nitrogens is 4. The van der Waals surface area contributed by atoms with Crippen LogP contribution in [0.15, 0.2) is 35.4 Å². The molecule has 3 aromatic rings. The molecule has 0 bridgehead atoms. The minimum Gasteiger partial charge on any atom is -0.497 e. The molecular formula is C29H46N4O5Si2. The molecule has 0 radical (unpaired) electrons. The molecule has 1 aromatic carbocycles. The highest BCUT2D eigenvalue weighted by Crippen LogP contribution is 2.42. The number of methoxy groups -OCH3 is 1. The zero-order chi connectivity index (χ0) is 29.7. The summed E-state index contributed by atoms with van der Waals surface area (Å²) in [6.07, 6.45) is 1.50. The zero-order valence-electron chi connectivity index (χ0n) is 25.9. The number of rotatable bonds is 8. The van der Waals surface area contributed by atoms with Crippen molar-refractivity contribution < 1.29 is 18.3 Å². The average molecular weight is 587 g/mol. The van der Waals surface area contributed by atoms with E-state index in [-0.39, 0.29) is 39.6 Å². The van der Waals surface area contributed by atoms with Crippen molar-refractivity contribution in [1.29, 1.82) is 0 Å². The highest BCUT2D eigenvalue weighted by atomic mass is 28.4. The van der Waals surface area contributed by atoms with Crippen LogP contribution in [-0.2, 0) is 13.6 Å². The summed E-state index contributed by atoms with van der Waals surface area (Å²) in [4.78, 5) is 25.1. The second-order valence-electron chi connectivity index (χ2n) is 13.8. The molecular weight excluding hydrogens is 541 g/mol. The third-order valence-corrected chi connectivity index (χ3v) is 18.0. The van der Waals surface area contributed by atoms with Crippen molar-refractivity contribution in [2.45, 2.75) is 103 Å². The van der Waals surface area contributed by atoms with Crippen LogP contribution in [0.5, 0.6) is 5.75 Å². The zero-order valence-corrected chi connectivity index (χ0v) is 27.9. The van der Waals surface area contributed by atoms with Crippen molar-refractivity contribution in [3.63, 3.8) is 0 Å². The van der Waals surface area contributed by atoms with E-state index in [1.54, 1.807) is 13.4 Å². The van der Waals surface area contributed by atoms with Gasteiger partial charge in [-0.3, -0.25) is 9.36 Å². The van der Waals surface area contributed by atoms with E-state index in [0.717, 1.165) is 11.3 Å². The van der Waals surface area contributed by atoms with Gasteiger partial charge in [0.15, 0.2) is 27.8 Å². The number of ether oxygens (including phenoxy) is 2. The first kappa shape index (κ1) is 30.6. The second-order valence-corrected chi connectivity index (χ2v) is 23.4. The molecule has 40 heavy (non-hydrogen) atoms. The Hall–Kier alpha value is -2.32. The first-order valence-corrected chi connectivity index (χ1v) is 19.8. The lowest BCUT2D eigenvalue weighted by Crippen LogP contribution is -2.48. The van der Waals surface area contributed by atoms with Crippen LogP contribution in [0.2, 0.25) is 36.3 Å². The van der Waals surface area contributed by atoms with Crippen LogP contribution in [0.3, 0.4) is 0 Å². The molecule has 1 aliphatic heterocycles. The molecule has 0 saturated carbocycles. The standard InChI is InChI=1S/C29H46N4O5Si2/c1-28(2,3)39(8,9)36-17-22-21(38-40(10,11)29(4,5)6)16-23(37-22)33-18-30-24-26(33)31-25(32-27(24)34)19-12-14-20(35-7)15-13-19/h12-15,18,21-23H,16-17H2,1-11H3,(H,31,32,34)/t21-,22+,23+/m0/s1. The first-order valence-electron chi connectivity index (χ1n) is 14.0. The Kier molecular flexibility index (Phi) is 8.29. The fourth-order valence-electron chi connectivity index (χ4n) is 4.23. The van der Waals surface area contributed by atoms with Gasteiger partial charge in [0.1, 0.15) is 23.9 Å². The van der Waals surface area contributed by atoms with Crippen LogP contribution in [0.25, 0.3) is 22.6 Å². The van der Waals surface area contributed by atoms with Gasteiger partial charge in [0.05, 0.1) is 26.1 Å². The Bertz CT molecular complexity index is 1390. The Labute approximate surface area is 239 Å². The quantitative estimate of drug-likeness (QED) is 0.301. The Morgan fingerprint density at radius 3 is 2.23 bits per heavy atom. The Morgan fingerprint density at radius 1 is 1.02 bits per heavy atom. The van der Waals surface area contributed by atoms with E-state index >= 15 is 0 Å². The molecule has 3 heterocycles. The smallest absolute Gasteiger partial charge is 0.279 e. The maximum absolute atomic E-state index is 13.0. The molecule has 3 atom stereocenters. The van der Waals surface area contributed by atoms with Crippen LogP contribution >= 0.6 is 0 Å². The van der Waals surface area contributed by atoms with Crippen molar-refractivity contribution in [2.75, 3.05) is 13.7 Å². The van der Waals surface area contributed by atoms with E-state index in [9.17, 15) is 4.79 Å². The molecule has 9 nitrogen and oxygen atoms in total. The van der Waals surface area contributed by atoms with Gasteiger partial charge < -0.3 is 23.3 Å². The molecule has 0 unspecified atom stereocenters. The number of imidazole rings is 1. The predicted molar refractivity (Wildman–Crippen MR) is 164 cm³/mol. The van der Waals surface area contributed by atoms with E-state index in [4.69, 9.17) is 23.3 Å². The number of hydrogen-bond donors (Lipinski definition) is 1. The lowest BCUT2D eigenvalue weighted by atomic mass is 10.2. The lowest BCUT2D eigenvalue weighted by Gasteiger charge is -2.40. The maximum atomic E-state index is 13.0. The first-order chi connectivity index (χ1) is 18.4. The molecule has 0 spiro atoms. The molecule has 220 valence electrons. The van der Waals surface area contributed by atoms with Crippen LogP contribution in [0.1, 0.15) is 54.2 Å². The highest BCUT2D eigenvalue weighted by Gasteiger charge is 2.47. The van der Waals surface area contributed by atoms with Crippen molar-refractivity contribution in [3.05, 3.63) is 40.9 Å². The van der Waals surface area contributed by atoms with Crippen molar-refractivity contribution >= 4 is 27.8 Å². The summed E-state index contributed by atoms with van der Waals surface area (Å²) < 4.78 is 27.3. The van der Waals surface area contributed by atoms with Gasteiger partial charge in [-0.1, -0.05) is 41.5 Å². The Balaban J connectivity index is 1.67. The summed E-state index contributed by atoms with van der Waals surface area (Å²) in [5.74, 6) is 1.20. The number of nitrogens with one attached hydrogen (secondary N) is 1. The summed E-state index contributed by atoms with van der Waals surface area (Å²) in [5, 5.41) is 0.143. The van der Waals surface area contributed by atoms with E-state index in [1.165, 1.54) is 0 Å².